The minimum Gasteiger partial charge on any atom is -0.481 e. The van der Waals surface area contributed by atoms with E-state index in [1.807, 2.05) is 47.9 Å². The van der Waals surface area contributed by atoms with E-state index in [0.717, 1.165) is 70.0 Å². The van der Waals surface area contributed by atoms with Gasteiger partial charge >= 0.3 is 5.97 Å². The predicted octanol–water partition coefficient (Wildman–Crippen LogP) is 9.36. The Morgan fingerprint density at radius 2 is 1.16 bits per heavy atom. The molecule has 322 valence electrons. The number of rotatable bonds is 12. The lowest BCUT2D eigenvalue weighted by Crippen LogP contribution is -2.49. The van der Waals surface area contributed by atoms with Gasteiger partial charge in [0.1, 0.15) is 5.78 Å². The Labute approximate surface area is 345 Å². The SMILES string of the molecule is CC(=O)C(C)C.CC(C)C(=O)O.CC(C)CC(=O)N1CCCCC1.CC(C)CC(=O)N1CCN(c2ncccn2)CC1.CCCCC(=O)c1cccc(C(C)C)c1. The average molecular weight is 796 g/mol. The van der Waals surface area contributed by atoms with Crippen LogP contribution in [-0.2, 0) is 19.2 Å². The molecule has 4 rings (SSSR count). The molecule has 0 spiro atoms. The zero-order valence-corrected chi connectivity index (χ0v) is 37.6. The molecule has 2 amide bonds. The number of Topliss-reactive ketones (excluding diaryl/α,β-unsaturated/α-hetero) is 2. The fourth-order valence-electron chi connectivity index (χ4n) is 5.26. The first kappa shape index (κ1) is 52.9. The van der Waals surface area contributed by atoms with Gasteiger partial charge in [-0.25, -0.2) is 9.97 Å². The third-order valence-electron chi connectivity index (χ3n) is 9.28. The summed E-state index contributed by atoms with van der Waals surface area (Å²) in [7, 11) is 0. The van der Waals surface area contributed by atoms with E-state index in [4.69, 9.17) is 5.11 Å². The van der Waals surface area contributed by atoms with Gasteiger partial charge in [0.05, 0.1) is 5.92 Å². The molecule has 2 fully saturated rings. The molecule has 2 aromatic rings. The summed E-state index contributed by atoms with van der Waals surface area (Å²) in [5.41, 5.74) is 2.12. The van der Waals surface area contributed by atoms with Crippen LogP contribution in [0.5, 0.6) is 0 Å². The fourth-order valence-corrected chi connectivity index (χ4v) is 5.26. The number of piperazine rings is 1. The van der Waals surface area contributed by atoms with Crippen LogP contribution in [0.25, 0.3) is 0 Å². The van der Waals surface area contributed by atoms with Gasteiger partial charge in [-0.3, -0.25) is 24.0 Å². The molecular weight excluding hydrogens is 719 g/mol. The molecule has 2 saturated heterocycles. The van der Waals surface area contributed by atoms with E-state index >= 15 is 0 Å². The molecule has 11 heteroatoms. The van der Waals surface area contributed by atoms with Gasteiger partial charge in [-0.1, -0.05) is 101 Å². The van der Waals surface area contributed by atoms with Crippen LogP contribution >= 0.6 is 0 Å². The molecule has 0 bridgehead atoms. The van der Waals surface area contributed by atoms with Crippen molar-refractivity contribution in [1.29, 1.82) is 0 Å². The number of benzene rings is 1. The second-order valence-electron chi connectivity index (χ2n) is 16.6. The summed E-state index contributed by atoms with van der Waals surface area (Å²) in [6.07, 6.45) is 11.3. The number of nitrogens with zero attached hydrogens (tertiary/aromatic N) is 5. The molecule has 2 aliphatic rings. The van der Waals surface area contributed by atoms with Gasteiger partial charge in [0, 0.05) is 82.4 Å². The molecule has 0 unspecified atom stereocenters. The number of carboxylic acids is 1. The number of unbranched alkanes of at least 4 members (excludes halogenated alkanes) is 1. The first-order chi connectivity index (χ1) is 26.8. The molecule has 3 heterocycles. The average Bonchev–Trinajstić information content (AvgIpc) is 3.18. The number of carbonyl (C=O) groups excluding carboxylic acids is 4. The molecule has 1 aromatic carbocycles. The number of ketones is 2. The molecular formula is C46H77N5O6. The van der Waals surface area contributed by atoms with Crippen LogP contribution in [0.15, 0.2) is 42.7 Å². The van der Waals surface area contributed by atoms with Crippen molar-refractivity contribution >= 4 is 35.3 Å². The summed E-state index contributed by atoms with van der Waals surface area (Å²) in [6, 6.07) is 9.83. The van der Waals surface area contributed by atoms with Gasteiger partial charge in [0.25, 0.3) is 0 Å². The number of aliphatic carboxylic acids is 1. The highest BCUT2D eigenvalue weighted by Crippen LogP contribution is 2.17. The Hall–Kier alpha value is -4.15. The van der Waals surface area contributed by atoms with Crippen LogP contribution in [-0.4, -0.2) is 93.5 Å². The van der Waals surface area contributed by atoms with Gasteiger partial charge in [-0.2, -0.15) is 0 Å². The number of likely N-dealkylation sites (tertiary alicyclic amines) is 1. The smallest absolute Gasteiger partial charge is 0.305 e. The quantitative estimate of drug-likeness (QED) is 0.208. The van der Waals surface area contributed by atoms with Crippen LogP contribution in [0.2, 0.25) is 0 Å². The number of aromatic nitrogens is 2. The van der Waals surface area contributed by atoms with Gasteiger partial charge < -0.3 is 19.8 Å². The summed E-state index contributed by atoms with van der Waals surface area (Å²) in [4.78, 5) is 69.6. The zero-order valence-electron chi connectivity index (χ0n) is 37.6. The second kappa shape index (κ2) is 30.0. The van der Waals surface area contributed by atoms with E-state index in [-0.39, 0.29) is 29.3 Å². The molecule has 0 aliphatic carbocycles. The molecule has 0 radical (unpaired) electrons. The lowest BCUT2D eigenvalue weighted by atomic mass is 9.98. The number of hydrogen-bond donors (Lipinski definition) is 1. The summed E-state index contributed by atoms with van der Waals surface area (Å²) in [5.74, 6) is 2.56. The first-order valence-corrected chi connectivity index (χ1v) is 21.2. The number of anilines is 1. The van der Waals surface area contributed by atoms with Gasteiger partial charge in [0.15, 0.2) is 5.78 Å². The maximum absolute atomic E-state index is 11.9. The van der Waals surface area contributed by atoms with Gasteiger partial charge in [-0.05, 0) is 68.1 Å². The van der Waals surface area contributed by atoms with Crippen LogP contribution in [0.3, 0.4) is 0 Å². The number of carbonyl (C=O) groups is 5. The highest BCUT2D eigenvalue weighted by Gasteiger charge is 2.22. The standard InChI is InChI=1S/C14H20O.C13H20N4O.C10H19NO.C5H10O.C4H8O2/c1-4-5-9-14(15)13-8-6-7-12(10-13)11(2)3;1-11(2)10-12(18)16-6-8-17(9-7-16)13-14-4-3-5-15-13;1-9(2)8-10(12)11-6-4-3-5-7-11;1-4(2)5(3)6;1-3(2)4(5)6/h6-8,10-11H,4-5,9H2,1-3H3;3-5,11H,6-10H2,1-2H3;9H,3-8H2,1-2H3;4H,1-3H3;3H,1-2H3,(H,5,6). The Balaban J connectivity index is 0.000000732. The third-order valence-corrected chi connectivity index (χ3v) is 9.28. The lowest BCUT2D eigenvalue weighted by Gasteiger charge is -2.35. The monoisotopic (exact) mass is 796 g/mol. The molecule has 2 aliphatic heterocycles. The molecule has 11 nitrogen and oxygen atoms in total. The van der Waals surface area contributed by atoms with E-state index in [2.05, 4.69) is 69.4 Å². The zero-order chi connectivity index (χ0) is 43.5. The highest BCUT2D eigenvalue weighted by atomic mass is 16.4. The van der Waals surface area contributed by atoms with Crippen LogP contribution < -0.4 is 4.90 Å². The lowest BCUT2D eigenvalue weighted by molar-refractivity contribution is -0.140. The Kier molecular flexibility index (Phi) is 27.8. The molecule has 0 saturated carbocycles. The van der Waals surface area contributed by atoms with Crippen molar-refractivity contribution in [3.8, 4) is 0 Å². The summed E-state index contributed by atoms with van der Waals surface area (Å²) in [6.45, 7) is 28.6. The van der Waals surface area contributed by atoms with Crippen LogP contribution in [0.1, 0.15) is 156 Å². The first-order valence-electron chi connectivity index (χ1n) is 21.2. The number of amides is 2. The summed E-state index contributed by atoms with van der Waals surface area (Å²) in [5, 5.41) is 7.99. The van der Waals surface area contributed by atoms with Crippen molar-refractivity contribution < 1.29 is 29.1 Å². The number of piperidine rings is 1. The van der Waals surface area contributed by atoms with E-state index < -0.39 is 5.97 Å². The molecule has 1 aromatic heterocycles. The molecule has 0 atom stereocenters. The second-order valence-corrected chi connectivity index (χ2v) is 16.6. The van der Waals surface area contributed by atoms with Gasteiger partial charge in [-0.15, -0.1) is 0 Å². The van der Waals surface area contributed by atoms with Crippen molar-refractivity contribution in [2.24, 2.45) is 23.7 Å². The summed E-state index contributed by atoms with van der Waals surface area (Å²) < 4.78 is 0. The van der Waals surface area contributed by atoms with Crippen LogP contribution in [0, 0.1) is 23.7 Å². The van der Waals surface area contributed by atoms with E-state index in [0.29, 0.717) is 36.5 Å². The highest BCUT2D eigenvalue weighted by molar-refractivity contribution is 5.96. The minimum absolute atomic E-state index is 0.213. The van der Waals surface area contributed by atoms with Crippen LogP contribution in [0.4, 0.5) is 5.95 Å². The van der Waals surface area contributed by atoms with Crippen molar-refractivity contribution in [1.82, 2.24) is 19.8 Å². The largest absolute Gasteiger partial charge is 0.481 e. The van der Waals surface area contributed by atoms with Gasteiger partial charge in [0.2, 0.25) is 17.8 Å². The summed E-state index contributed by atoms with van der Waals surface area (Å²) >= 11 is 0. The van der Waals surface area contributed by atoms with E-state index in [1.54, 1.807) is 33.2 Å². The Bertz CT molecular complexity index is 1410. The Morgan fingerprint density at radius 1 is 0.684 bits per heavy atom. The van der Waals surface area contributed by atoms with Crippen molar-refractivity contribution in [2.45, 2.75) is 140 Å². The maximum atomic E-state index is 11.9. The third kappa shape index (κ3) is 25.0. The number of hydrogen-bond acceptors (Lipinski definition) is 8. The van der Waals surface area contributed by atoms with E-state index in [9.17, 15) is 24.0 Å². The topological polar surface area (TPSA) is 141 Å². The Morgan fingerprint density at radius 3 is 1.56 bits per heavy atom. The maximum Gasteiger partial charge on any atom is 0.305 e. The van der Waals surface area contributed by atoms with Crippen molar-refractivity contribution in [2.75, 3.05) is 44.2 Å². The normalized spacial score (nSPS) is 13.7. The molecule has 1 N–H and O–H groups in total. The van der Waals surface area contributed by atoms with Crippen molar-refractivity contribution in [3.05, 3.63) is 53.9 Å². The van der Waals surface area contributed by atoms with E-state index in [1.165, 1.54) is 24.8 Å². The minimum atomic E-state index is -0.741. The van der Waals surface area contributed by atoms with Crippen molar-refractivity contribution in [3.63, 3.8) is 0 Å². The number of carboxylic acid groups (broad SMARTS) is 1. The predicted molar refractivity (Wildman–Crippen MR) is 233 cm³/mol. The fraction of sp³-hybridized carbons (Fsp3) is 0.674. The molecule has 57 heavy (non-hydrogen) atoms.